The van der Waals surface area contributed by atoms with Crippen molar-refractivity contribution in [3.63, 3.8) is 0 Å². The van der Waals surface area contributed by atoms with Gasteiger partial charge in [-0.15, -0.1) is 0 Å². The summed E-state index contributed by atoms with van der Waals surface area (Å²) in [5.74, 6) is 0.948. The number of benzene rings is 1. The van der Waals surface area contributed by atoms with Gasteiger partial charge in [0.25, 0.3) is 0 Å². The van der Waals surface area contributed by atoms with Crippen LogP contribution in [0, 0.1) is 12.8 Å². The predicted octanol–water partition coefficient (Wildman–Crippen LogP) is 2.64. The van der Waals surface area contributed by atoms with Gasteiger partial charge in [0.2, 0.25) is 5.91 Å². The van der Waals surface area contributed by atoms with Crippen molar-refractivity contribution in [1.29, 1.82) is 0 Å². The van der Waals surface area contributed by atoms with Gasteiger partial charge in [-0.25, -0.2) is 0 Å². The molecule has 0 aliphatic carbocycles. The van der Waals surface area contributed by atoms with Crippen molar-refractivity contribution in [3.8, 4) is 5.75 Å². The lowest BCUT2D eigenvalue weighted by Crippen LogP contribution is -2.47. The van der Waals surface area contributed by atoms with E-state index in [4.69, 9.17) is 10.5 Å². The zero-order valence-corrected chi connectivity index (χ0v) is 13.6. The van der Waals surface area contributed by atoms with E-state index in [1.165, 1.54) is 0 Å². The zero-order valence-electron chi connectivity index (χ0n) is 13.6. The highest BCUT2D eigenvalue weighted by Crippen LogP contribution is 2.18. The third kappa shape index (κ3) is 5.38. The van der Waals surface area contributed by atoms with Crippen LogP contribution in [0.15, 0.2) is 24.3 Å². The van der Waals surface area contributed by atoms with Crippen LogP contribution in [-0.2, 0) is 4.79 Å². The number of hydrogen-bond acceptors (Lipinski definition) is 3. The van der Waals surface area contributed by atoms with E-state index in [9.17, 15) is 4.79 Å². The number of amides is 1. The van der Waals surface area contributed by atoms with Gasteiger partial charge in [0, 0.05) is 0 Å². The standard InChI is InChI=1S/C17H28N2O2/c1-5-12(3)16(18)17(20)19-11-14(6-2)21-15-10-8-7-9-13(15)4/h7-10,12,14,16H,5-6,11,18H2,1-4H3,(H,19,20). The van der Waals surface area contributed by atoms with Gasteiger partial charge in [-0.3, -0.25) is 4.79 Å². The number of hydrogen-bond donors (Lipinski definition) is 2. The van der Waals surface area contributed by atoms with Gasteiger partial charge >= 0.3 is 0 Å². The molecule has 3 N–H and O–H groups in total. The molecule has 0 bridgehead atoms. The molecule has 0 aliphatic rings. The normalized spacial score (nSPS) is 15.1. The quantitative estimate of drug-likeness (QED) is 0.774. The Hall–Kier alpha value is -1.55. The van der Waals surface area contributed by atoms with Crippen molar-refractivity contribution in [2.24, 2.45) is 11.7 Å². The van der Waals surface area contributed by atoms with Gasteiger partial charge in [-0.2, -0.15) is 0 Å². The monoisotopic (exact) mass is 292 g/mol. The second kappa shape index (κ2) is 8.67. The molecule has 0 aliphatic heterocycles. The van der Waals surface area contributed by atoms with Crippen LogP contribution >= 0.6 is 0 Å². The van der Waals surface area contributed by atoms with E-state index < -0.39 is 6.04 Å². The van der Waals surface area contributed by atoms with Gasteiger partial charge in [0.05, 0.1) is 12.6 Å². The first-order valence-electron chi connectivity index (χ1n) is 7.75. The summed E-state index contributed by atoms with van der Waals surface area (Å²) in [6.07, 6.45) is 1.68. The number of aryl methyl sites for hydroxylation is 1. The molecule has 1 aromatic carbocycles. The lowest BCUT2D eigenvalue weighted by Gasteiger charge is -2.22. The fourth-order valence-corrected chi connectivity index (χ4v) is 1.98. The first-order chi connectivity index (χ1) is 9.99. The number of carbonyl (C=O) groups excluding carboxylic acids is 1. The van der Waals surface area contributed by atoms with Crippen LogP contribution in [0.3, 0.4) is 0 Å². The molecule has 3 atom stereocenters. The van der Waals surface area contributed by atoms with Crippen LogP contribution in [0.5, 0.6) is 5.75 Å². The van der Waals surface area contributed by atoms with Crippen molar-refractivity contribution in [2.45, 2.75) is 52.7 Å². The molecule has 21 heavy (non-hydrogen) atoms. The van der Waals surface area contributed by atoms with E-state index in [2.05, 4.69) is 5.32 Å². The molecule has 0 saturated heterocycles. The molecule has 1 amide bonds. The van der Waals surface area contributed by atoms with Crippen molar-refractivity contribution < 1.29 is 9.53 Å². The second-order valence-electron chi connectivity index (χ2n) is 5.57. The fourth-order valence-electron chi connectivity index (χ4n) is 1.98. The summed E-state index contributed by atoms with van der Waals surface area (Å²) in [4.78, 5) is 12.0. The summed E-state index contributed by atoms with van der Waals surface area (Å²) in [5.41, 5.74) is 7.02. The summed E-state index contributed by atoms with van der Waals surface area (Å²) in [6.45, 7) is 8.57. The third-order valence-corrected chi connectivity index (χ3v) is 3.91. The molecule has 3 unspecified atom stereocenters. The number of carbonyl (C=O) groups is 1. The summed E-state index contributed by atoms with van der Waals surface area (Å²) in [7, 11) is 0. The molecule has 0 radical (unpaired) electrons. The smallest absolute Gasteiger partial charge is 0.237 e. The maximum atomic E-state index is 12.0. The summed E-state index contributed by atoms with van der Waals surface area (Å²) < 4.78 is 5.96. The predicted molar refractivity (Wildman–Crippen MR) is 86.3 cm³/mol. The fraction of sp³-hybridized carbons (Fsp3) is 0.588. The number of para-hydroxylation sites is 1. The first-order valence-corrected chi connectivity index (χ1v) is 7.75. The highest BCUT2D eigenvalue weighted by atomic mass is 16.5. The SMILES string of the molecule is CCC(CNC(=O)C(N)C(C)CC)Oc1ccccc1C. The van der Waals surface area contributed by atoms with E-state index >= 15 is 0 Å². The van der Waals surface area contributed by atoms with Crippen LogP contribution in [0.2, 0.25) is 0 Å². The molecule has 0 spiro atoms. The van der Waals surface area contributed by atoms with Crippen LogP contribution in [0.1, 0.15) is 39.2 Å². The Morgan fingerprint density at radius 2 is 1.95 bits per heavy atom. The third-order valence-electron chi connectivity index (χ3n) is 3.91. The molecular formula is C17H28N2O2. The summed E-state index contributed by atoms with van der Waals surface area (Å²) >= 11 is 0. The Morgan fingerprint density at radius 1 is 1.29 bits per heavy atom. The average Bonchev–Trinajstić information content (AvgIpc) is 2.51. The Labute approximate surface area is 128 Å². The van der Waals surface area contributed by atoms with E-state index in [-0.39, 0.29) is 17.9 Å². The Balaban J connectivity index is 2.52. The number of nitrogens with one attached hydrogen (secondary N) is 1. The second-order valence-corrected chi connectivity index (χ2v) is 5.57. The van der Waals surface area contributed by atoms with Gasteiger partial charge in [0.1, 0.15) is 11.9 Å². The molecular weight excluding hydrogens is 264 g/mol. The van der Waals surface area contributed by atoms with Gasteiger partial charge in [-0.1, -0.05) is 45.4 Å². The maximum Gasteiger partial charge on any atom is 0.237 e. The Bertz CT molecular complexity index is 448. The lowest BCUT2D eigenvalue weighted by atomic mass is 9.99. The van der Waals surface area contributed by atoms with E-state index in [0.29, 0.717) is 6.54 Å². The maximum absolute atomic E-state index is 12.0. The van der Waals surface area contributed by atoms with Crippen LogP contribution in [0.4, 0.5) is 0 Å². The number of rotatable bonds is 8. The van der Waals surface area contributed by atoms with E-state index in [0.717, 1.165) is 24.2 Å². The Kier molecular flexibility index (Phi) is 7.23. The largest absolute Gasteiger partial charge is 0.488 e. The van der Waals surface area contributed by atoms with E-state index in [1.807, 2.05) is 52.0 Å². The molecule has 0 saturated carbocycles. The number of nitrogens with two attached hydrogens (primary N) is 1. The summed E-state index contributed by atoms with van der Waals surface area (Å²) in [6, 6.07) is 7.44. The highest BCUT2D eigenvalue weighted by Gasteiger charge is 2.20. The van der Waals surface area contributed by atoms with Crippen LogP contribution in [0.25, 0.3) is 0 Å². The van der Waals surface area contributed by atoms with Crippen molar-refractivity contribution in [1.82, 2.24) is 5.32 Å². The molecule has 1 rings (SSSR count). The van der Waals surface area contributed by atoms with E-state index in [1.54, 1.807) is 0 Å². The van der Waals surface area contributed by atoms with Crippen molar-refractivity contribution in [3.05, 3.63) is 29.8 Å². The highest BCUT2D eigenvalue weighted by molar-refractivity contribution is 5.81. The molecule has 0 aromatic heterocycles. The molecule has 0 fully saturated rings. The van der Waals surface area contributed by atoms with Gasteiger partial charge in [0.15, 0.2) is 0 Å². The molecule has 4 heteroatoms. The number of ether oxygens (including phenoxy) is 1. The minimum Gasteiger partial charge on any atom is -0.488 e. The van der Waals surface area contributed by atoms with Gasteiger partial charge in [-0.05, 0) is 30.9 Å². The molecule has 4 nitrogen and oxygen atoms in total. The zero-order chi connectivity index (χ0) is 15.8. The topological polar surface area (TPSA) is 64.4 Å². The molecule has 1 aromatic rings. The average molecular weight is 292 g/mol. The van der Waals surface area contributed by atoms with Crippen LogP contribution < -0.4 is 15.8 Å². The minimum atomic E-state index is -0.453. The summed E-state index contributed by atoms with van der Waals surface area (Å²) in [5, 5.41) is 2.90. The Morgan fingerprint density at radius 3 is 2.52 bits per heavy atom. The minimum absolute atomic E-state index is 0.0424. The molecule has 0 heterocycles. The first kappa shape index (κ1) is 17.5. The van der Waals surface area contributed by atoms with Crippen molar-refractivity contribution in [2.75, 3.05) is 6.54 Å². The van der Waals surface area contributed by atoms with Crippen molar-refractivity contribution >= 4 is 5.91 Å². The van der Waals surface area contributed by atoms with Gasteiger partial charge < -0.3 is 15.8 Å². The van der Waals surface area contributed by atoms with Crippen LogP contribution in [-0.4, -0.2) is 24.6 Å². The molecule has 118 valence electrons. The lowest BCUT2D eigenvalue weighted by molar-refractivity contribution is -0.123.